The summed E-state index contributed by atoms with van der Waals surface area (Å²) in [5, 5.41) is 0. The molecule has 1 amide bonds. The number of aryl methyl sites for hydroxylation is 2. The third kappa shape index (κ3) is 5.22. The Balaban J connectivity index is 1.57. The second-order valence-corrected chi connectivity index (χ2v) is 8.05. The number of hydrogen-bond donors (Lipinski definition) is 0. The lowest BCUT2D eigenvalue weighted by atomic mass is 10.1. The lowest BCUT2D eigenvalue weighted by Gasteiger charge is -2.16. The zero-order chi connectivity index (χ0) is 22.5. The summed E-state index contributed by atoms with van der Waals surface area (Å²) in [5.41, 5.74) is 4.27. The Labute approximate surface area is 182 Å². The zero-order valence-corrected chi connectivity index (χ0v) is 18.6. The Bertz CT molecular complexity index is 961. The quantitative estimate of drug-likeness (QED) is 0.350. The predicted molar refractivity (Wildman–Crippen MR) is 117 cm³/mol. The monoisotopic (exact) mass is 426 g/mol. The highest BCUT2D eigenvalue weighted by atomic mass is 16.5. The van der Waals surface area contributed by atoms with E-state index < -0.39 is 11.9 Å². The van der Waals surface area contributed by atoms with Gasteiger partial charge in [-0.15, -0.1) is 0 Å². The molecule has 0 N–H and O–H groups in total. The minimum absolute atomic E-state index is 0.0922. The Morgan fingerprint density at radius 1 is 1.13 bits per heavy atom. The van der Waals surface area contributed by atoms with Crippen LogP contribution in [0.2, 0.25) is 0 Å². The van der Waals surface area contributed by atoms with Crippen LogP contribution in [-0.4, -0.2) is 49.1 Å². The van der Waals surface area contributed by atoms with Gasteiger partial charge < -0.3 is 18.9 Å². The highest BCUT2D eigenvalue weighted by molar-refractivity contribution is 6.01. The number of carbonyl (C=O) groups is 3. The van der Waals surface area contributed by atoms with Crippen molar-refractivity contribution in [1.29, 1.82) is 0 Å². The fourth-order valence-electron chi connectivity index (χ4n) is 3.97. The van der Waals surface area contributed by atoms with Gasteiger partial charge in [0.15, 0.2) is 6.61 Å². The standard InChI is InChI=1S/C24H30N2O5/c1-16-6-8-20(9-7-16)26-14-19(13-23(26)28)24(29)31-15-22(27)21-12-17(2)25(18(21)3)10-5-11-30-4/h6-9,12,19H,5,10-11,13-15H2,1-4H3. The maximum Gasteiger partial charge on any atom is 0.311 e. The molecule has 7 nitrogen and oxygen atoms in total. The Morgan fingerprint density at radius 2 is 1.84 bits per heavy atom. The number of esters is 1. The zero-order valence-electron chi connectivity index (χ0n) is 18.6. The summed E-state index contributed by atoms with van der Waals surface area (Å²) < 4.78 is 12.5. The third-order valence-electron chi connectivity index (χ3n) is 5.75. The summed E-state index contributed by atoms with van der Waals surface area (Å²) in [5.74, 6) is -1.43. The van der Waals surface area contributed by atoms with Gasteiger partial charge >= 0.3 is 5.97 Å². The number of methoxy groups -OCH3 is 1. The van der Waals surface area contributed by atoms with E-state index in [4.69, 9.17) is 9.47 Å². The molecule has 0 aliphatic carbocycles. The van der Waals surface area contributed by atoms with Gasteiger partial charge in [-0.1, -0.05) is 17.7 Å². The van der Waals surface area contributed by atoms with Crippen molar-refractivity contribution in [3.05, 3.63) is 52.8 Å². The van der Waals surface area contributed by atoms with Gasteiger partial charge in [0.05, 0.1) is 5.92 Å². The summed E-state index contributed by atoms with van der Waals surface area (Å²) in [7, 11) is 1.66. The lowest BCUT2D eigenvalue weighted by Crippen LogP contribution is -2.27. The van der Waals surface area contributed by atoms with Crippen LogP contribution in [0.15, 0.2) is 30.3 Å². The number of ketones is 1. The van der Waals surface area contributed by atoms with E-state index in [-0.39, 0.29) is 31.3 Å². The average molecular weight is 427 g/mol. The number of aromatic nitrogens is 1. The molecule has 1 aromatic carbocycles. The molecule has 7 heteroatoms. The number of ether oxygens (including phenoxy) is 2. The summed E-state index contributed by atoms with van der Waals surface area (Å²) in [6, 6.07) is 9.42. The highest BCUT2D eigenvalue weighted by Gasteiger charge is 2.36. The fourth-order valence-corrected chi connectivity index (χ4v) is 3.97. The van der Waals surface area contributed by atoms with Crippen molar-refractivity contribution in [3.8, 4) is 0 Å². The first-order valence-corrected chi connectivity index (χ1v) is 10.5. The first-order chi connectivity index (χ1) is 14.8. The van der Waals surface area contributed by atoms with Gasteiger partial charge in [0.2, 0.25) is 11.7 Å². The lowest BCUT2D eigenvalue weighted by molar-refractivity contribution is -0.147. The van der Waals surface area contributed by atoms with Crippen molar-refractivity contribution in [2.24, 2.45) is 5.92 Å². The van der Waals surface area contributed by atoms with Crippen molar-refractivity contribution >= 4 is 23.3 Å². The molecule has 0 saturated carbocycles. The van der Waals surface area contributed by atoms with E-state index in [2.05, 4.69) is 4.57 Å². The molecule has 2 aromatic rings. The van der Waals surface area contributed by atoms with E-state index in [0.29, 0.717) is 12.2 Å². The predicted octanol–water partition coefficient (Wildman–Crippen LogP) is 3.23. The van der Waals surface area contributed by atoms with Gasteiger partial charge in [-0.2, -0.15) is 0 Å². The van der Waals surface area contributed by atoms with Crippen LogP contribution in [-0.2, 0) is 25.6 Å². The maximum absolute atomic E-state index is 12.7. The molecule has 1 aliphatic rings. The number of anilines is 1. The first kappa shape index (κ1) is 22.7. The molecule has 1 aromatic heterocycles. The van der Waals surface area contributed by atoms with Crippen LogP contribution < -0.4 is 4.90 Å². The van der Waals surface area contributed by atoms with Gasteiger partial charge in [0, 0.05) is 55.9 Å². The molecular weight excluding hydrogens is 396 g/mol. The second-order valence-electron chi connectivity index (χ2n) is 8.05. The number of rotatable bonds is 9. The SMILES string of the molecule is COCCCn1c(C)cc(C(=O)COC(=O)C2CC(=O)N(c3ccc(C)cc3)C2)c1C. The molecule has 166 valence electrons. The number of Topliss-reactive ketones (excluding diaryl/α,β-unsaturated/α-hetero) is 1. The molecule has 1 atom stereocenters. The summed E-state index contributed by atoms with van der Waals surface area (Å²) in [6.45, 7) is 7.18. The third-order valence-corrected chi connectivity index (χ3v) is 5.75. The van der Waals surface area contributed by atoms with Gasteiger partial charge in [-0.3, -0.25) is 14.4 Å². The summed E-state index contributed by atoms with van der Waals surface area (Å²) in [4.78, 5) is 39.2. The van der Waals surface area contributed by atoms with Crippen molar-refractivity contribution in [3.63, 3.8) is 0 Å². The topological polar surface area (TPSA) is 77.8 Å². The van der Waals surface area contributed by atoms with Gasteiger partial charge in [-0.25, -0.2) is 0 Å². The van der Waals surface area contributed by atoms with Crippen molar-refractivity contribution in [2.75, 3.05) is 31.8 Å². The van der Waals surface area contributed by atoms with Crippen LogP contribution in [0.5, 0.6) is 0 Å². The molecule has 0 bridgehead atoms. The molecule has 0 spiro atoms. The fraction of sp³-hybridized carbons (Fsp3) is 0.458. The van der Waals surface area contributed by atoms with Gasteiger partial charge in [0.25, 0.3) is 0 Å². The average Bonchev–Trinajstić information content (AvgIpc) is 3.27. The maximum atomic E-state index is 12.7. The largest absolute Gasteiger partial charge is 0.457 e. The van der Waals surface area contributed by atoms with Gasteiger partial charge in [-0.05, 0) is 45.4 Å². The van der Waals surface area contributed by atoms with E-state index >= 15 is 0 Å². The number of amides is 1. The molecule has 0 radical (unpaired) electrons. The first-order valence-electron chi connectivity index (χ1n) is 10.5. The van der Waals surface area contributed by atoms with Crippen molar-refractivity contribution in [1.82, 2.24) is 4.57 Å². The molecule has 2 heterocycles. The van der Waals surface area contributed by atoms with Crippen molar-refractivity contribution in [2.45, 2.75) is 40.2 Å². The van der Waals surface area contributed by atoms with Crippen LogP contribution in [0.25, 0.3) is 0 Å². The molecule has 1 fully saturated rings. The van der Waals surface area contributed by atoms with Crippen LogP contribution in [0, 0.1) is 26.7 Å². The van der Waals surface area contributed by atoms with E-state index in [0.717, 1.165) is 35.6 Å². The Kier molecular flexibility index (Phi) is 7.28. The second kappa shape index (κ2) is 9.92. The molecule has 31 heavy (non-hydrogen) atoms. The van der Waals surface area contributed by atoms with E-state index in [1.54, 1.807) is 12.0 Å². The number of hydrogen-bond acceptors (Lipinski definition) is 5. The summed E-state index contributed by atoms with van der Waals surface area (Å²) >= 11 is 0. The summed E-state index contributed by atoms with van der Waals surface area (Å²) in [6.07, 6.45) is 0.942. The van der Waals surface area contributed by atoms with E-state index in [1.807, 2.05) is 51.1 Å². The smallest absolute Gasteiger partial charge is 0.311 e. The molecule has 3 rings (SSSR count). The highest BCUT2D eigenvalue weighted by Crippen LogP contribution is 2.26. The van der Waals surface area contributed by atoms with E-state index in [1.165, 1.54) is 0 Å². The molecule has 1 unspecified atom stereocenters. The normalized spacial score (nSPS) is 16.1. The van der Waals surface area contributed by atoms with Crippen LogP contribution >= 0.6 is 0 Å². The van der Waals surface area contributed by atoms with Gasteiger partial charge in [0.1, 0.15) is 0 Å². The van der Waals surface area contributed by atoms with E-state index in [9.17, 15) is 14.4 Å². The number of benzene rings is 1. The molecule has 1 saturated heterocycles. The minimum Gasteiger partial charge on any atom is -0.457 e. The Hall–Kier alpha value is -2.93. The van der Waals surface area contributed by atoms with Crippen molar-refractivity contribution < 1.29 is 23.9 Å². The van der Waals surface area contributed by atoms with Crippen LogP contribution in [0.4, 0.5) is 5.69 Å². The molecular formula is C24H30N2O5. The van der Waals surface area contributed by atoms with Crippen LogP contribution in [0.1, 0.15) is 40.2 Å². The van der Waals surface area contributed by atoms with Crippen LogP contribution in [0.3, 0.4) is 0 Å². The number of nitrogens with zero attached hydrogens (tertiary/aromatic N) is 2. The minimum atomic E-state index is -0.567. The Morgan fingerprint density at radius 3 is 2.52 bits per heavy atom. The molecule has 1 aliphatic heterocycles. The number of carbonyl (C=O) groups excluding carboxylic acids is 3.